The van der Waals surface area contributed by atoms with Crippen LogP contribution in [-0.2, 0) is 6.54 Å². The maximum absolute atomic E-state index is 13.6. The summed E-state index contributed by atoms with van der Waals surface area (Å²) in [6, 6.07) is 11.6. The quantitative estimate of drug-likeness (QED) is 0.236. The lowest BCUT2D eigenvalue weighted by Crippen LogP contribution is -2.32. The molecule has 0 aliphatic heterocycles. The predicted octanol–water partition coefficient (Wildman–Crippen LogP) is 6.45. The van der Waals surface area contributed by atoms with Crippen molar-refractivity contribution in [2.24, 2.45) is 0 Å². The number of ether oxygens (including phenoxy) is 1. The van der Waals surface area contributed by atoms with E-state index in [0.29, 0.717) is 18.7 Å². The highest BCUT2D eigenvalue weighted by Crippen LogP contribution is 2.33. The van der Waals surface area contributed by atoms with Gasteiger partial charge >= 0.3 is 0 Å². The molecule has 0 unspecified atom stereocenters. The zero-order valence-electron chi connectivity index (χ0n) is 19.9. The van der Waals surface area contributed by atoms with Gasteiger partial charge in [-0.25, -0.2) is 9.97 Å². The average Bonchev–Trinajstić information content (AvgIpc) is 3.50. The molecule has 2 aromatic heterocycles. The molecule has 4 rings (SSSR count). The first-order chi connectivity index (χ1) is 16.1. The molecule has 0 spiro atoms. The third kappa shape index (κ3) is 5.96. The normalized spacial score (nSPS) is 10.8. The monoisotopic (exact) mass is 498 g/mol. The number of aryl methyl sites for hydroxylation is 3. The number of amides is 1. The van der Waals surface area contributed by atoms with Crippen molar-refractivity contribution in [3.05, 3.63) is 71.8 Å². The van der Waals surface area contributed by atoms with Crippen LogP contribution in [0.5, 0.6) is 5.75 Å². The summed E-state index contributed by atoms with van der Waals surface area (Å²) in [7, 11) is 0. The lowest BCUT2D eigenvalue weighted by molar-refractivity contribution is 0.0986. The highest BCUT2D eigenvalue weighted by molar-refractivity contribution is 7.22. The third-order valence-electron chi connectivity index (χ3n) is 5.77. The van der Waals surface area contributed by atoms with Gasteiger partial charge < -0.3 is 9.30 Å². The minimum Gasteiger partial charge on any atom is -0.494 e. The van der Waals surface area contributed by atoms with E-state index in [1.54, 1.807) is 23.9 Å². The van der Waals surface area contributed by atoms with Crippen LogP contribution in [-0.4, -0.2) is 33.6 Å². The number of fused-ring (bicyclic) bond motifs is 1. The minimum atomic E-state index is -0.0471. The molecule has 2 aromatic carbocycles. The molecule has 0 saturated heterocycles. The molecule has 0 atom stereocenters. The number of carbonyl (C=O) groups is 1. The molecule has 0 bridgehead atoms. The third-order valence-corrected chi connectivity index (χ3v) is 6.82. The van der Waals surface area contributed by atoms with Crippen molar-refractivity contribution in [1.29, 1.82) is 0 Å². The molecule has 1 amide bonds. The fourth-order valence-electron chi connectivity index (χ4n) is 3.63. The summed E-state index contributed by atoms with van der Waals surface area (Å²) < 4.78 is 8.88. The molecule has 0 aliphatic rings. The molecule has 6 nitrogen and oxygen atoms in total. The van der Waals surface area contributed by atoms with E-state index in [-0.39, 0.29) is 18.3 Å². The van der Waals surface area contributed by atoms with Gasteiger partial charge in [0.15, 0.2) is 5.13 Å². The van der Waals surface area contributed by atoms with E-state index in [2.05, 4.69) is 37.9 Å². The number of imidazole rings is 1. The number of aromatic nitrogens is 3. The molecule has 0 radical (unpaired) electrons. The Hall–Kier alpha value is -2.90. The lowest BCUT2D eigenvalue weighted by atomic mass is 10.1. The van der Waals surface area contributed by atoms with E-state index < -0.39 is 0 Å². The summed E-state index contributed by atoms with van der Waals surface area (Å²) in [5, 5.41) is 0.734. The Bertz CT molecular complexity index is 1210. The van der Waals surface area contributed by atoms with Crippen molar-refractivity contribution in [3.8, 4) is 5.75 Å². The van der Waals surface area contributed by atoms with Gasteiger partial charge in [0.1, 0.15) is 5.75 Å². The smallest absolute Gasteiger partial charge is 0.260 e. The van der Waals surface area contributed by atoms with Gasteiger partial charge in [0, 0.05) is 31.0 Å². The van der Waals surface area contributed by atoms with Crippen molar-refractivity contribution < 1.29 is 9.53 Å². The van der Waals surface area contributed by atoms with Crippen LogP contribution in [0.3, 0.4) is 0 Å². The number of hydrogen-bond donors (Lipinski definition) is 0. The Morgan fingerprint density at radius 3 is 2.62 bits per heavy atom. The summed E-state index contributed by atoms with van der Waals surface area (Å²) in [4.78, 5) is 24.4. The van der Waals surface area contributed by atoms with Crippen LogP contribution in [0.1, 0.15) is 47.7 Å². The fraction of sp³-hybridized carbons (Fsp3) is 0.346. The predicted molar refractivity (Wildman–Crippen MR) is 142 cm³/mol. The standard InChI is InChI=1S/C26H30N4O2S.ClH/c1-4-5-17-32-22-10-8-21(9-11-22)25(31)30(15-6-14-29-16-13-27-18-29)26-28-24-20(3)19(2)7-12-23(24)33-26;/h7-13,16,18H,4-6,14-15,17H2,1-3H3;1H. The first kappa shape index (κ1) is 25.7. The van der Waals surface area contributed by atoms with Gasteiger partial charge in [0.05, 0.1) is 23.2 Å². The largest absolute Gasteiger partial charge is 0.494 e. The number of thiazole rings is 1. The van der Waals surface area contributed by atoms with Crippen molar-refractivity contribution in [2.45, 2.75) is 46.6 Å². The molecule has 8 heteroatoms. The molecule has 180 valence electrons. The van der Waals surface area contributed by atoms with Crippen molar-refractivity contribution >= 4 is 45.0 Å². The first-order valence-corrected chi connectivity index (χ1v) is 12.3. The average molecular weight is 499 g/mol. The molecule has 0 N–H and O–H groups in total. The lowest BCUT2D eigenvalue weighted by Gasteiger charge is -2.20. The highest BCUT2D eigenvalue weighted by Gasteiger charge is 2.22. The number of anilines is 1. The van der Waals surface area contributed by atoms with Gasteiger partial charge in [-0.05, 0) is 68.1 Å². The van der Waals surface area contributed by atoms with Crippen molar-refractivity contribution in [1.82, 2.24) is 14.5 Å². The van der Waals surface area contributed by atoms with Crippen LogP contribution in [0.25, 0.3) is 10.2 Å². The summed E-state index contributed by atoms with van der Waals surface area (Å²) in [6.07, 6.45) is 8.41. The molecular formula is C26H31ClN4O2S. The second-order valence-corrected chi connectivity index (χ2v) is 9.20. The van der Waals surface area contributed by atoms with E-state index in [1.165, 1.54) is 5.56 Å². The first-order valence-electron chi connectivity index (χ1n) is 11.4. The van der Waals surface area contributed by atoms with E-state index >= 15 is 0 Å². The SMILES string of the molecule is CCCCOc1ccc(C(=O)N(CCCn2ccnc2)c2nc3c(C)c(C)ccc3s2)cc1.Cl. The van der Waals surface area contributed by atoms with Crippen LogP contribution in [0.2, 0.25) is 0 Å². The Balaban J connectivity index is 0.00000324. The Morgan fingerprint density at radius 2 is 1.91 bits per heavy atom. The number of nitrogens with zero attached hydrogens (tertiary/aromatic N) is 4. The zero-order chi connectivity index (χ0) is 23.2. The van der Waals surface area contributed by atoms with Crippen LogP contribution in [0.4, 0.5) is 5.13 Å². The Morgan fingerprint density at radius 1 is 1.12 bits per heavy atom. The fourth-order valence-corrected chi connectivity index (χ4v) is 4.68. The maximum Gasteiger partial charge on any atom is 0.260 e. The molecule has 2 heterocycles. The highest BCUT2D eigenvalue weighted by atomic mass is 35.5. The number of halogens is 1. The van der Waals surface area contributed by atoms with Crippen molar-refractivity contribution in [3.63, 3.8) is 0 Å². The van der Waals surface area contributed by atoms with Gasteiger partial charge in [0.25, 0.3) is 5.91 Å². The molecule has 0 aliphatic carbocycles. The van der Waals surface area contributed by atoms with Gasteiger partial charge in [-0.2, -0.15) is 0 Å². The summed E-state index contributed by atoms with van der Waals surface area (Å²) in [5.74, 6) is 0.743. The summed E-state index contributed by atoms with van der Waals surface area (Å²) in [6.45, 7) is 8.36. The van der Waals surface area contributed by atoms with Crippen molar-refractivity contribution in [2.75, 3.05) is 18.1 Å². The number of benzene rings is 2. The number of unbranched alkanes of at least 4 members (excludes halogenated alkanes) is 1. The van der Waals surface area contributed by atoms with Crippen LogP contribution >= 0.6 is 23.7 Å². The Kier molecular flexibility index (Phi) is 9.07. The van der Waals surface area contributed by atoms with Crippen LogP contribution in [0.15, 0.2) is 55.1 Å². The van der Waals surface area contributed by atoms with E-state index in [0.717, 1.165) is 52.5 Å². The van der Waals surface area contributed by atoms with Gasteiger partial charge in [0.2, 0.25) is 0 Å². The van der Waals surface area contributed by atoms with Gasteiger partial charge in [-0.15, -0.1) is 12.4 Å². The van der Waals surface area contributed by atoms with E-state index in [1.807, 2.05) is 39.9 Å². The number of rotatable bonds is 10. The van der Waals surface area contributed by atoms with Gasteiger partial charge in [-0.3, -0.25) is 9.69 Å². The molecule has 0 fully saturated rings. The Labute approximate surface area is 211 Å². The minimum absolute atomic E-state index is 0. The number of hydrogen-bond acceptors (Lipinski definition) is 5. The summed E-state index contributed by atoms with van der Waals surface area (Å²) in [5.41, 5.74) is 3.97. The second-order valence-electron chi connectivity index (χ2n) is 8.19. The molecular weight excluding hydrogens is 468 g/mol. The van der Waals surface area contributed by atoms with Crippen LogP contribution in [0, 0.1) is 13.8 Å². The topological polar surface area (TPSA) is 60.2 Å². The zero-order valence-corrected chi connectivity index (χ0v) is 21.5. The van der Waals surface area contributed by atoms with Crippen LogP contribution < -0.4 is 9.64 Å². The van der Waals surface area contributed by atoms with E-state index in [9.17, 15) is 4.79 Å². The molecule has 0 saturated carbocycles. The summed E-state index contributed by atoms with van der Waals surface area (Å²) >= 11 is 1.57. The second kappa shape index (κ2) is 12.0. The molecule has 34 heavy (non-hydrogen) atoms. The molecule has 4 aromatic rings. The number of carbonyl (C=O) groups excluding carboxylic acids is 1. The maximum atomic E-state index is 13.6. The van der Waals surface area contributed by atoms with Gasteiger partial charge in [-0.1, -0.05) is 30.7 Å². The van der Waals surface area contributed by atoms with E-state index in [4.69, 9.17) is 9.72 Å².